The Labute approximate surface area is 122 Å². The van der Waals surface area contributed by atoms with Crippen molar-refractivity contribution in [3.63, 3.8) is 0 Å². The quantitative estimate of drug-likeness (QED) is 0.447. The molecule has 0 atom stereocenters. The van der Waals surface area contributed by atoms with E-state index in [0.29, 0.717) is 15.8 Å². The average Bonchev–Trinajstić information content (AvgIpc) is 2.29. The van der Waals surface area contributed by atoms with E-state index in [1.54, 1.807) is 19.1 Å². The van der Waals surface area contributed by atoms with Crippen LogP contribution in [0.4, 0.5) is 0 Å². The monoisotopic (exact) mass is 378 g/mol. The number of carbonyl (C=O) groups is 2. The van der Waals surface area contributed by atoms with E-state index in [0.717, 1.165) is 4.47 Å². The first-order valence-electron chi connectivity index (χ1n) is 5.22. The van der Waals surface area contributed by atoms with Crippen LogP contribution in [0.1, 0.15) is 23.7 Å². The van der Waals surface area contributed by atoms with Gasteiger partial charge in [-0.2, -0.15) is 0 Å². The van der Waals surface area contributed by atoms with Crippen LogP contribution in [0.3, 0.4) is 0 Å². The molecule has 0 aromatic heterocycles. The Hall–Kier alpha value is -0.880. The summed E-state index contributed by atoms with van der Waals surface area (Å²) in [7, 11) is 1.50. The number of esters is 1. The first-order valence-corrected chi connectivity index (χ1v) is 6.80. The predicted molar refractivity (Wildman–Crippen MR) is 74.0 cm³/mol. The highest BCUT2D eigenvalue weighted by Crippen LogP contribution is 2.36. The first-order chi connectivity index (χ1) is 8.51. The van der Waals surface area contributed by atoms with Gasteiger partial charge in [-0.05, 0) is 50.9 Å². The van der Waals surface area contributed by atoms with Crippen molar-refractivity contribution in [3.8, 4) is 5.75 Å². The molecule has 0 bridgehead atoms. The van der Waals surface area contributed by atoms with Crippen molar-refractivity contribution in [2.45, 2.75) is 13.3 Å². The van der Waals surface area contributed by atoms with Crippen LogP contribution in [0.25, 0.3) is 0 Å². The van der Waals surface area contributed by atoms with Crippen molar-refractivity contribution in [2.75, 3.05) is 13.7 Å². The first kappa shape index (κ1) is 15.2. The Morgan fingerprint density at radius 1 is 1.28 bits per heavy atom. The number of carbonyl (C=O) groups excluding carboxylic acids is 2. The van der Waals surface area contributed by atoms with Gasteiger partial charge in [0, 0.05) is 5.56 Å². The van der Waals surface area contributed by atoms with Crippen molar-refractivity contribution in [3.05, 3.63) is 26.6 Å². The van der Waals surface area contributed by atoms with Gasteiger partial charge in [-0.15, -0.1) is 0 Å². The number of halogens is 2. The number of Topliss-reactive ketones (excluding diaryl/α,β-unsaturated/α-hetero) is 1. The third-order valence-corrected chi connectivity index (χ3v) is 3.58. The van der Waals surface area contributed by atoms with Gasteiger partial charge < -0.3 is 9.47 Å². The fraction of sp³-hybridized carbons (Fsp3) is 0.333. The van der Waals surface area contributed by atoms with E-state index >= 15 is 0 Å². The average molecular weight is 380 g/mol. The summed E-state index contributed by atoms with van der Waals surface area (Å²) in [6.45, 7) is 1.96. The standard InChI is InChI=1S/C12H12Br2O4/c1-3-18-10(16)6-9(15)7-4-5-8(13)12(17-2)11(7)14/h4-5H,3,6H2,1-2H3. The Bertz CT molecular complexity index is 471. The maximum Gasteiger partial charge on any atom is 0.313 e. The van der Waals surface area contributed by atoms with E-state index in [4.69, 9.17) is 9.47 Å². The largest absolute Gasteiger partial charge is 0.494 e. The van der Waals surface area contributed by atoms with Gasteiger partial charge in [0.1, 0.15) is 12.2 Å². The topological polar surface area (TPSA) is 52.6 Å². The molecule has 0 fully saturated rings. The van der Waals surface area contributed by atoms with Gasteiger partial charge in [-0.1, -0.05) is 0 Å². The molecule has 0 amide bonds. The molecule has 0 aliphatic heterocycles. The molecule has 4 nitrogen and oxygen atoms in total. The smallest absolute Gasteiger partial charge is 0.313 e. The summed E-state index contributed by atoms with van der Waals surface area (Å²) in [4.78, 5) is 23.2. The minimum atomic E-state index is -0.531. The second kappa shape index (κ2) is 6.89. The Kier molecular flexibility index (Phi) is 5.81. The van der Waals surface area contributed by atoms with E-state index in [1.807, 2.05) is 0 Å². The highest BCUT2D eigenvalue weighted by Gasteiger charge is 2.19. The van der Waals surface area contributed by atoms with Gasteiger partial charge in [0.25, 0.3) is 0 Å². The third-order valence-electron chi connectivity index (χ3n) is 2.16. The maximum atomic E-state index is 11.9. The summed E-state index contributed by atoms with van der Waals surface area (Å²) in [5, 5.41) is 0. The molecule has 0 aliphatic rings. The van der Waals surface area contributed by atoms with E-state index in [1.165, 1.54) is 7.11 Å². The predicted octanol–water partition coefficient (Wildman–Crippen LogP) is 3.36. The molecular weight excluding hydrogens is 368 g/mol. The summed E-state index contributed by atoms with van der Waals surface area (Å²) >= 11 is 6.60. The zero-order chi connectivity index (χ0) is 13.7. The molecule has 0 spiro atoms. The minimum absolute atomic E-state index is 0.261. The van der Waals surface area contributed by atoms with Gasteiger partial charge in [-0.25, -0.2) is 0 Å². The molecule has 0 saturated heterocycles. The number of ether oxygens (including phenoxy) is 2. The van der Waals surface area contributed by atoms with Crippen LogP contribution in [-0.2, 0) is 9.53 Å². The number of rotatable bonds is 5. The summed E-state index contributed by atoms with van der Waals surface area (Å²) in [5.41, 5.74) is 0.392. The summed E-state index contributed by atoms with van der Waals surface area (Å²) < 4.78 is 11.1. The van der Waals surface area contributed by atoms with Crippen molar-refractivity contribution in [2.24, 2.45) is 0 Å². The normalized spacial score (nSPS) is 10.0. The SMILES string of the molecule is CCOC(=O)CC(=O)c1ccc(Br)c(OC)c1Br. The zero-order valence-electron chi connectivity index (χ0n) is 9.96. The summed E-state index contributed by atoms with van der Waals surface area (Å²) in [6.07, 6.45) is -0.281. The van der Waals surface area contributed by atoms with E-state index < -0.39 is 5.97 Å². The molecule has 6 heteroatoms. The Morgan fingerprint density at radius 3 is 2.50 bits per heavy atom. The molecule has 1 aromatic rings. The van der Waals surface area contributed by atoms with Gasteiger partial charge in [-0.3, -0.25) is 9.59 Å². The van der Waals surface area contributed by atoms with Gasteiger partial charge in [0.05, 0.1) is 22.7 Å². The third kappa shape index (κ3) is 3.55. The molecule has 0 saturated carbocycles. The van der Waals surface area contributed by atoms with Crippen molar-refractivity contribution in [1.29, 1.82) is 0 Å². The lowest BCUT2D eigenvalue weighted by Gasteiger charge is -2.10. The molecule has 0 unspecified atom stereocenters. The van der Waals surface area contributed by atoms with Crippen molar-refractivity contribution >= 4 is 43.6 Å². The molecule has 18 heavy (non-hydrogen) atoms. The highest BCUT2D eigenvalue weighted by molar-refractivity contribution is 9.11. The van der Waals surface area contributed by atoms with Gasteiger partial charge in [0.2, 0.25) is 0 Å². The van der Waals surface area contributed by atoms with Crippen LogP contribution in [0.2, 0.25) is 0 Å². The number of hydrogen-bond acceptors (Lipinski definition) is 4. The van der Waals surface area contributed by atoms with E-state index in [2.05, 4.69) is 31.9 Å². The van der Waals surface area contributed by atoms with Crippen LogP contribution >= 0.6 is 31.9 Å². The van der Waals surface area contributed by atoms with Gasteiger partial charge >= 0.3 is 5.97 Å². The van der Waals surface area contributed by atoms with Crippen LogP contribution in [-0.4, -0.2) is 25.5 Å². The zero-order valence-corrected chi connectivity index (χ0v) is 13.1. The molecule has 1 rings (SSSR count). The molecule has 98 valence electrons. The molecule has 1 aromatic carbocycles. The van der Waals surface area contributed by atoms with Crippen molar-refractivity contribution in [1.82, 2.24) is 0 Å². The van der Waals surface area contributed by atoms with Gasteiger partial charge in [0.15, 0.2) is 5.78 Å². The minimum Gasteiger partial charge on any atom is -0.494 e. The second-order valence-electron chi connectivity index (χ2n) is 3.35. The molecule has 0 radical (unpaired) electrons. The number of hydrogen-bond donors (Lipinski definition) is 0. The Balaban J connectivity index is 2.97. The second-order valence-corrected chi connectivity index (χ2v) is 4.99. The summed E-state index contributed by atoms with van der Waals surface area (Å²) in [5.74, 6) is -0.327. The van der Waals surface area contributed by atoms with Crippen LogP contribution < -0.4 is 4.74 Å². The van der Waals surface area contributed by atoms with Crippen LogP contribution in [0, 0.1) is 0 Å². The maximum absolute atomic E-state index is 11.9. The summed E-state index contributed by atoms with van der Waals surface area (Å²) in [6, 6.07) is 3.32. The number of benzene rings is 1. The highest BCUT2D eigenvalue weighted by atomic mass is 79.9. The Morgan fingerprint density at radius 2 is 1.94 bits per heavy atom. The fourth-order valence-corrected chi connectivity index (χ4v) is 2.86. The van der Waals surface area contributed by atoms with E-state index in [9.17, 15) is 9.59 Å². The van der Waals surface area contributed by atoms with Crippen LogP contribution in [0.5, 0.6) is 5.75 Å². The lowest BCUT2D eigenvalue weighted by atomic mass is 10.1. The van der Waals surface area contributed by atoms with E-state index in [-0.39, 0.29) is 18.8 Å². The molecular formula is C12H12Br2O4. The van der Waals surface area contributed by atoms with Crippen molar-refractivity contribution < 1.29 is 19.1 Å². The molecule has 0 heterocycles. The van der Waals surface area contributed by atoms with Crippen LogP contribution in [0.15, 0.2) is 21.1 Å². The fourth-order valence-electron chi connectivity index (χ4n) is 1.37. The molecule has 0 N–H and O–H groups in total. The number of ketones is 1. The number of methoxy groups -OCH3 is 1. The lowest BCUT2D eigenvalue weighted by molar-refractivity contribution is -0.141. The molecule has 0 aliphatic carbocycles. The lowest BCUT2D eigenvalue weighted by Crippen LogP contribution is -2.12.